The Labute approximate surface area is 525 Å². The van der Waals surface area contributed by atoms with Crippen LogP contribution in [0, 0.1) is 29.6 Å². The minimum absolute atomic E-state index is 0.00361. The molecule has 516 valence electrons. The molecule has 92 heavy (non-hydrogen) atoms. The number of fused-ring (bicyclic) bond motifs is 10. The van der Waals surface area contributed by atoms with Crippen molar-refractivity contribution in [2.45, 2.75) is 215 Å². The standard InChI is InChI=1S/C10H16O3.C9H13N3O4.C8H11N3O5.C7H11N3O3.C7H12O4.C6H9N3O4.C6H10O4/c1-7-4-5-12-10(8(7)2)6-13-9(3)11;1-4-6-3-14-9(16-6)7(11-12-10)8(4)15-5(2)13;1-3(12)15-7-5(10-11-9)8-14-2-4(16-8)6(7)13;1-3-4-2-12-7(13-4)5(6(3)11)9-10-8;1-3-5(8)6(9)4-2-10-7(3)11-4;7-9-8-3-5(11)4(10)2-1-12-6(3)13-2;7-3-5-6(9)4(8)1-2-10-5/h4-5,7-8,10H,6H2,1-3H3;4,6-9H,3H2,1-2H3;4-8,13H,2H2,1H3;3-7,11H,2H2,1H3;3-9H,2H2,1H3;2-6,10-11H,1H2;1-2,4-9H,3H2/t7-,8+,10?;4-,6?,7?,8-,9-;4?,5?,6-,7+,8-;3-,4?,5?,6-,7-;3?,4?,5-,6+,7+;2?,3?,4-,5+,6-;4-,5?,6+/m1111011/s1. The van der Waals surface area contributed by atoms with Crippen LogP contribution < -0.4 is 0 Å². The fourth-order valence-electron chi connectivity index (χ4n) is 11.0. The lowest BCUT2D eigenvalue weighted by Gasteiger charge is -2.36. The number of carbonyl (C=O) groups excluding carboxylic acids is 3. The minimum atomic E-state index is -1.11. The van der Waals surface area contributed by atoms with Gasteiger partial charge in [0.2, 0.25) is 0 Å². The Bertz CT molecular complexity index is 2540. The predicted octanol–water partition coefficient (Wildman–Crippen LogP) is -0.293. The molecule has 12 aliphatic heterocycles. The third-order valence-electron chi connectivity index (χ3n) is 16.8. The molecule has 0 aromatic carbocycles. The second-order valence-electron chi connectivity index (χ2n) is 23.0. The van der Waals surface area contributed by atoms with E-state index in [1.54, 1.807) is 13.2 Å². The number of ether oxygens (including phenoxy) is 15. The third kappa shape index (κ3) is 19.1. The van der Waals surface area contributed by atoms with Gasteiger partial charge in [-0.2, -0.15) is 0 Å². The summed E-state index contributed by atoms with van der Waals surface area (Å²) in [5.41, 5.74) is 33.4. The van der Waals surface area contributed by atoms with Crippen molar-refractivity contribution in [2.75, 3.05) is 46.2 Å². The number of azide groups is 4. The molecule has 39 nitrogen and oxygen atoms in total. The van der Waals surface area contributed by atoms with Crippen molar-refractivity contribution in [3.8, 4) is 0 Å². The summed E-state index contributed by atoms with van der Waals surface area (Å²) in [5, 5.41) is 97.6. The molecular weight excluding hydrogens is 1240 g/mol. The van der Waals surface area contributed by atoms with Crippen LogP contribution in [0.4, 0.5) is 0 Å². The van der Waals surface area contributed by atoms with Gasteiger partial charge in [0.1, 0.15) is 104 Å². The van der Waals surface area contributed by atoms with Crippen LogP contribution in [-0.2, 0) is 85.4 Å². The number of rotatable bonds is 9. The lowest BCUT2D eigenvalue weighted by atomic mass is 9.89. The summed E-state index contributed by atoms with van der Waals surface area (Å²) in [4.78, 5) is 43.1. The van der Waals surface area contributed by atoms with Crippen molar-refractivity contribution in [3.05, 3.63) is 66.4 Å². The summed E-state index contributed by atoms with van der Waals surface area (Å²) < 4.78 is 77.7. The molecule has 12 aliphatic rings. The Morgan fingerprint density at radius 3 is 1.35 bits per heavy atom. The number of aliphatic hydroxyl groups excluding tert-OH is 9. The molecule has 12 unspecified atom stereocenters. The van der Waals surface area contributed by atoms with Gasteiger partial charge in [-0.25, -0.2) is 0 Å². The quantitative estimate of drug-likeness (QED) is 0.0471. The molecular formula is C53H82N12O27. The second kappa shape index (κ2) is 35.5. The van der Waals surface area contributed by atoms with Gasteiger partial charge in [-0.15, -0.1) is 0 Å². The highest BCUT2D eigenvalue weighted by Gasteiger charge is 2.54. The van der Waals surface area contributed by atoms with Gasteiger partial charge >= 0.3 is 17.9 Å². The van der Waals surface area contributed by atoms with Gasteiger partial charge in [-0.3, -0.25) is 14.4 Å². The molecule has 0 aromatic rings. The van der Waals surface area contributed by atoms with E-state index in [-0.39, 0.29) is 74.2 Å². The molecule has 10 bridgehead atoms. The zero-order valence-electron chi connectivity index (χ0n) is 51.4. The predicted molar refractivity (Wildman–Crippen MR) is 302 cm³/mol. The highest BCUT2D eigenvalue weighted by molar-refractivity contribution is 5.67. The molecule has 0 aromatic heterocycles. The van der Waals surface area contributed by atoms with E-state index in [1.165, 1.54) is 33.1 Å². The average molecular weight is 1320 g/mol. The fourth-order valence-corrected chi connectivity index (χ4v) is 11.0. The van der Waals surface area contributed by atoms with E-state index in [2.05, 4.69) is 54.0 Å². The summed E-state index contributed by atoms with van der Waals surface area (Å²) in [5.74, 6) is -0.549. The van der Waals surface area contributed by atoms with Gasteiger partial charge in [-0.05, 0) is 40.2 Å². The Morgan fingerprint density at radius 2 is 0.848 bits per heavy atom. The number of esters is 3. The second-order valence-corrected chi connectivity index (χ2v) is 23.0. The molecule has 12 rings (SSSR count). The van der Waals surface area contributed by atoms with Crippen LogP contribution in [0.15, 0.2) is 45.1 Å². The van der Waals surface area contributed by atoms with Crippen molar-refractivity contribution in [1.82, 2.24) is 0 Å². The first-order valence-corrected chi connectivity index (χ1v) is 29.5. The molecule has 0 radical (unpaired) electrons. The maximum absolute atomic E-state index is 11.0. The Balaban J connectivity index is 0.000000171. The van der Waals surface area contributed by atoms with Gasteiger partial charge < -0.3 is 117 Å². The molecule has 10 fully saturated rings. The maximum atomic E-state index is 11.0. The van der Waals surface area contributed by atoms with Crippen molar-refractivity contribution >= 4 is 17.9 Å². The summed E-state index contributed by atoms with van der Waals surface area (Å²) in [7, 11) is 0. The van der Waals surface area contributed by atoms with E-state index in [4.69, 9.17) is 108 Å². The van der Waals surface area contributed by atoms with Gasteiger partial charge in [-0.1, -0.05) is 55.1 Å². The number of nitrogens with zero attached hydrogens (tertiary/aromatic N) is 12. The van der Waals surface area contributed by atoms with Crippen molar-refractivity contribution in [2.24, 2.45) is 50.0 Å². The molecule has 9 N–H and O–H groups in total. The lowest BCUT2D eigenvalue weighted by Crippen LogP contribution is -2.54. The topological polar surface area (TPSA) is 567 Å². The van der Waals surface area contributed by atoms with Crippen molar-refractivity contribution in [3.63, 3.8) is 0 Å². The van der Waals surface area contributed by atoms with Gasteiger partial charge in [0.05, 0.1) is 82.7 Å². The van der Waals surface area contributed by atoms with E-state index < -0.39 is 141 Å². The average Bonchev–Trinajstić information content (AvgIpc) is 1.74. The van der Waals surface area contributed by atoms with Crippen LogP contribution in [0.25, 0.3) is 41.8 Å². The first-order valence-electron chi connectivity index (χ1n) is 29.5. The maximum Gasteiger partial charge on any atom is 0.303 e. The molecule has 10 saturated heterocycles. The van der Waals surface area contributed by atoms with Gasteiger partial charge in [0, 0.05) is 64.1 Å². The Kier molecular flexibility index (Phi) is 28.9. The molecule has 0 saturated carbocycles. The highest BCUT2D eigenvalue weighted by Crippen LogP contribution is 2.38. The van der Waals surface area contributed by atoms with E-state index in [0.717, 1.165) is 0 Å². The van der Waals surface area contributed by atoms with E-state index in [1.807, 2.05) is 19.9 Å². The van der Waals surface area contributed by atoms with E-state index in [9.17, 15) is 45.0 Å². The molecule has 12 heterocycles. The monoisotopic (exact) mass is 1320 g/mol. The van der Waals surface area contributed by atoms with Crippen molar-refractivity contribution < 1.29 is 131 Å². The minimum Gasteiger partial charge on any atom is -0.494 e. The Morgan fingerprint density at radius 1 is 0.446 bits per heavy atom. The molecule has 0 aliphatic carbocycles. The van der Waals surface area contributed by atoms with Crippen LogP contribution in [0.2, 0.25) is 0 Å². The molecule has 39 heteroatoms. The van der Waals surface area contributed by atoms with Crippen LogP contribution in [-0.4, -0.2) is 269 Å². The molecule has 0 amide bonds. The van der Waals surface area contributed by atoms with Crippen molar-refractivity contribution in [1.29, 1.82) is 0 Å². The summed E-state index contributed by atoms with van der Waals surface area (Å²) in [6.45, 7) is 15.5. The summed E-state index contributed by atoms with van der Waals surface area (Å²) >= 11 is 0. The SMILES string of the molecule is CC(=O)OCC1OC=C[C@@H](C)[C@@H]1C.CC(=O)O[C@H]1C(N=[N+]=[N-])[C@@H]2OCC(O2)[C@H]1C.CC(=O)O[C@H]1C(N=[N+]=[N-])[C@@H]2OCC(O2)[C@H]1O.CC1[C@@H]2OCC(O2)[C@@H](O)[C@H]1O.C[C@@H]1C2CO[C@H](O2)C(N=[N+]=[N-])[C@@H]1O.OCC1OC=C[C@@H](O)[C@@H]1O.[N-]=[N+]=NC1[C@@H]2OCC(O2)[C@@H](O)[C@H]1O. The summed E-state index contributed by atoms with van der Waals surface area (Å²) in [6, 6.07) is -2.94. The van der Waals surface area contributed by atoms with Crippen LogP contribution in [0.5, 0.6) is 0 Å². The Hall–Kier alpha value is -6.03. The van der Waals surface area contributed by atoms with Crippen LogP contribution >= 0.6 is 0 Å². The fraction of sp³-hybridized carbons (Fsp3) is 0.868. The van der Waals surface area contributed by atoms with Crippen LogP contribution in [0.1, 0.15) is 55.4 Å². The smallest absolute Gasteiger partial charge is 0.303 e. The number of aliphatic hydroxyl groups is 9. The van der Waals surface area contributed by atoms with Gasteiger partial charge in [0.15, 0.2) is 31.5 Å². The normalized spacial score (nSPS) is 43.7. The van der Waals surface area contributed by atoms with E-state index >= 15 is 0 Å². The number of hydrogen-bond acceptors (Lipinski definition) is 31. The first kappa shape index (κ1) is 75.0. The number of allylic oxidation sites excluding steroid dienone is 1. The van der Waals surface area contributed by atoms with Gasteiger partial charge in [0.25, 0.3) is 0 Å². The largest absolute Gasteiger partial charge is 0.494 e. The van der Waals surface area contributed by atoms with Crippen LogP contribution in [0.3, 0.4) is 0 Å². The third-order valence-corrected chi connectivity index (χ3v) is 16.8. The highest BCUT2D eigenvalue weighted by atomic mass is 16.8. The number of hydrogen-bond donors (Lipinski definition) is 9. The zero-order chi connectivity index (χ0) is 67.7. The van der Waals surface area contributed by atoms with E-state index in [0.29, 0.717) is 38.3 Å². The lowest BCUT2D eigenvalue weighted by molar-refractivity contribution is -0.198. The first-order chi connectivity index (χ1) is 43.8. The molecule has 0 spiro atoms. The molecule has 31 atom stereocenters. The summed E-state index contributed by atoms with van der Waals surface area (Å²) in [6.07, 6.45) is -7.56. The number of carbonyl (C=O) groups is 3. The zero-order valence-corrected chi connectivity index (χ0v) is 51.4.